The second kappa shape index (κ2) is 5.18. The van der Waals surface area contributed by atoms with Crippen LogP contribution in [0.15, 0.2) is 24.5 Å². The standard InChI is InChI=1S/C9H7N2.ClH/c1-2-5-11-6-3-4-9(7-10)8-11;/h1,3-4,6,8H,5H2;1H/q+1;/p-1. The van der Waals surface area contributed by atoms with Crippen molar-refractivity contribution >= 4 is 0 Å². The van der Waals surface area contributed by atoms with Crippen LogP contribution in [0.3, 0.4) is 0 Å². The Hall–Kier alpha value is -1.51. The molecule has 0 atom stereocenters. The van der Waals surface area contributed by atoms with Gasteiger partial charge < -0.3 is 12.4 Å². The molecule has 0 aliphatic heterocycles. The zero-order valence-corrected chi connectivity index (χ0v) is 7.12. The molecule has 0 radical (unpaired) electrons. The van der Waals surface area contributed by atoms with Crippen LogP contribution in [0.25, 0.3) is 0 Å². The summed E-state index contributed by atoms with van der Waals surface area (Å²) in [7, 11) is 0. The predicted octanol–water partition coefficient (Wildman–Crippen LogP) is -2.52. The van der Waals surface area contributed by atoms with Crippen molar-refractivity contribution in [2.24, 2.45) is 0 Å². The van der Waals surface area contributed by atoms with E-state index in [1.807, 2.05) is 12.3 Å². The van der Waals surface area contributed by atoms with E-state index in [9.17, 15) is 0 Å². The lowest BCUT2D eigenvalue weighted by Gasteiger charge is -1.88. The highest BCUT2D eigenvalue weighted by Gasteiger charge is 1.97. The molecule has 3 heteroatoms. The summed E-state index contributed by atoms with van der Waals surface area (Å²) < 4.78 is 1.79. The Morgan fingerprint density at radius 1 is 1.58 bits per heavy atom. The Morgan fingerprint density at radius 2 is 2.33 bits per heavy atom. The SMILES string of the molecule is C#CC[n+]1cccc(C#N)c1.[Cl-]. The molecule has 0 aliphatic rings. The number of hydrogen-bond acceptors (Lipinski definition) is 1. The maximum absolute atomic E-state index is 8.52. The molecule has 0 bridgehead atoms. The fourth-order valence-corrected chi connectivity index (χ4v) is 0.792. The Balaban J connectivity index is 0.00000121. The van der Waals surface area contributed by atoms with Crippen LogP contribution in [0.2, 0.25) is 0 Å². The number of nitriles is 1. The fraction of sp³-hybridized carbons (Fsp3) is 0.111. The van der Waals surface area contributed by atoms with Gasteiger partial charge in [-0.3, -0.25) is 0 Å². The third-order valence-corrected chi connectivity index (χ3v) is 1.26. The Kier molecular flexibility index (Phi) is 4.53. The monoisotopic (exact) mass is 178 g/mol. The van der Waals surface area contributed by atoms with Gasteiger partial charge in [-0.2, -0.15) is 9.83 Å². The maximum atomic E-state index is 8.52. The van der Waals surface area contributed by atoms with Gasteiger partial charge in [-0.15, -0.1) is 6.42 Å². The average molecular weight is 179 g/mol. The second-order valence-corrected chi connectivity index (χ2v) is 2.08. The first-order valence-corrected chi connectivity index (χ1v) is 3.19. The molecule has 1 aromatic heterocycles. The van der Waals surface area contributed by atoms with Gasteiger partial charge >= 0.3 is 0 Å². The first kappa shape index (κ1) is 10.5. The van der Waals surface area contributed by atoms with Crippen molar-refractivity contribution in [2.75, 3.05) is 0 Å². The molecular weight excluding hydrogens is 172 g/mol. The van der Waals surface area contributed by atoms with Crippen LogP contribution in [-0.2, 0) is 6.54 Å². The normalized spacial score (nSPS) is 7.50. The van der Waals surface area contributed by atoms with Gasteiger partial charge in [-0.1, -0.05) is 0 Å². The van der Waals surface area contributed by atoms with Crippen LogP contribution in [-0.4, -0.2) is 0 Å². The molecule has 1 aromatic rings. The molecule has 0 spiro atoms. The molecular formula is C9H7ClN2. The molecule has 0 unspecified atom stereocenters. The van der Waals surface area contributed by atoms with E-state index in [1.165, 1.54) is 0 Å². The lowest BCUT2D eigenvalue weighted by atomic mass is 10.3. The third kappa shape index (κ3) is 2.62. The van der Waals surface area contributed by atoms with Gasteiger partial charge in [0.25, 0.3) is 0 Å². The zero-order valence-electron chi connectivity index (χ0n) is 6.37. The summed E-state index contributed by atoms with van der Waals surface area (Å²) in [6.45, 7) is 0.509. The highest BCUT2D eigenvalue weighted by Crippen LogP contribution is 1.89. The van der Waals surface area contributed by atoms with Crippen molar-refractivity contribution in [3.63, 3.8) is 0 Å². The Labute approximate surface area is 77.9 Å². The summed E-state index contributed by atoms with van der Waals surface area (Å²) in [5, 5.41) is 8.52. The quantitative estimate of drug-likeness (QED) is 0.345. The number of aromatic nitrogens is 1. The van der Waals surface area contributed by atoms with Gasteiger partial charge in [0.15, 0.2) is 12.4 Å². The molecule has 60 valence electrons. The van der Waals surface area contributed by atoms with Crippen molar-refractivity contribution in [1.29, 1.82) is 5.26 Å². The molecule has 2 nitrogen and oxygen atoms in total. The molecule has 0 aromatic carbocycles. The van der Waals surface area contributed by atoms with E-state index in [-0.39, 0.29) is 12.4 Å². The molecule has 0 aliphatic carbocycles. The predicted molar refractivity (Wildman–Crippen MR) is 40.2 cm³/mol. The van der Waals surface area contributed by atoms with Crippen LogP contribution in [0.5, 0.6) is 0 Å². The summed E-state index contributed by atoms with van der Waals surface area (Å²) in [6.07, 6.45) is 8.65. The molecule has 0 fully saturated rings. The Bertz CT molecular complexity index is 333. The molecule has 12 heavy (non-hydrogen) atoms. The van der Waals surface area contributed by atoms with Crippen molar-refractivity contribution in [3.05, 3.63) is 30.1 Å². The third-order valence-electron chi connectivity index (χ3n) is 1.26. The lowest BCUT2D eigenvalue weighted by molar-refractivity contribution is -0.684. The van der Waals surface area contributed by atoms with E-state index < -0.39 is 0 Å². The molecule has 0 amide bonds. The topological polar surface area (TPSA) is 27.7 Å². The smallest absolute Gasteiger partial charge is 0.208 e. The van der Waals surface area contributed by atoms with Crippen molar-refractivity contribution in [1.82, 2.24) is 0 Å². The molecule has 1 heterocycles. The first-order valence-electron chi connectivity index (χ1n) is 3.19. The number of hydrogen-bond donors (Lipinski definition) is 0. The highest BCUT2D eigenvalue weighted by molar-refractivity contribution is 5.21. The van der Waals surface area contributed by atoms with Crippen LogP contribution in [0.4, 0.5) is 0 Å². The van der Waals surface area contributed by atoms with Crippen LogP contribution in [0, 0.1) is 23.7 Å². The molecule has 0 saturated heterocycles. The maximum Gasteiger partial charge on any atom is 0.208 e. The van der Waals surface area contributed by atoms with E-state index in [0.29, 0.717) is 12.1 Å². The minimum Gasteiger partial charge on any atom is -1.00 e. The Morgan fingerprint density at radius 3 is 2.92 bits per heavy atom. The number of pyridine rings is 1. The van der Waals surface area contributed by atoms with E-state index in [2.05, 4.69) is 5.92 Å². The summed E-state index contributed by atoms with van der Waals surface area (Å²) >= 11 is 0. The van der Waals surface area contributed by atoms with Crippen LogP contribution >= 0.6 is 0 Å². The van der Waals surface area contributed by atoms with Crippen LogP contribution in [0.1, 0.15) is 5.56 Å². The molecule has 0 N–H and O–H groups in total. The molecule has 0 saturated carbocycles. The van der Waals surface area contributed by atoms with E-state index in [4.69, 9.17) is 11.7 Å². The van der Waals surface area contributed by atoms with Gasteiger partial charge in [-0.05, 0) is 12.0 Å². The van der Waals surface area contributed by atoms with Gasteiger partial charge in [0.1, 0.15) is 11.6 Å². The van der Waals surface area contributed by atoms with Crippen molar-refractivity contribution < 1.29 is 17.0 Å². The van der Waals surface area contributed by atoms with Crippen molar-refractivity contribution in [3.8, 4) is 18.4 Å². The fourth-order valence-electron chi connectivity index (χ4n) is 0.792. The number of terminal acetylenes is 1. The van der Waals surface area contributed by atoms with Gasteiger partial charge in [0.2, 0.25) is 6.54 Å². The van der Waals surface area contributed by atoms with Gasteiger partial charge in [0, 0.05) is 6.07 Å². The van der Waals surface area contributed by atoms with Gasteiger partial charge in [0.05, 0.1) is 0 Å². The first-order chi connectivity index (χ1) is 5.36. The second-order valence-electron chi connectivity index (χ2n) is 2.08. The van der Waals surface area contributed by atoms with Crippen LogP contribution < -0.4 is 17.0 Å². The minimum atomic E-state index is 0. The molecule has 1 rings (SSSR count). The summed E-state index contributed by atoms with van der Waals surface area (Å²) in [5.74, 6) is 2.49. The van der Waals surface area contributed by atoms with E-state index >= 15 is 0 Å². The summed E-state index contributed by atoms with van der Waals surface area (Å²) in [5.41, 5.74) is 0.628. The lowest BCUT2D eigenvalue weighted by Crippen LogP contribution is -3.00. The minimum absolute atomic E-state index is 0. The largest absolute Gasteiger partial charge is 1.00 e. The highest BCUT2D eigenvalue weighted by atomic mass is 35.5. The number of halogens is 1. The summed E-state index contributed by atoms with van der Waals surface area (Å²) in [6, 6.07) is 5.58. The van der Waals surface area contributed by atoms with Gasteiger partial charge in [-0.25, -0.2) is 0 Å². The average Bonchev–Trinajstić information content (AvgIpc) is 2.06. The van der Waals surface area contributed by atoms with Crippen molar-refractivity contribution in [2.45, 2.75) is 6.54 Å². The zero-order chi connectivity index (χ0) is 8.10. The summed E-state index contributed by atoms with van der Waals surface area (Å²) in [4.78, 5) is 0. The number of rotatable bonds is 1. The van der Waals surface area contributed by atoms with E-state index in [1.54, 1.807) is 22.9 Å². The number of nitrogens with zero attached hydrogens (tertiary/aromatic N) is 2. The van der Waals surface area contributed by atoms with E-state index in [0.717, 1.165) is 0 Å².